The highest BCUT2D eigenvalue weighted by atomic mass is 32.2. The number of hydrogen-bond acceptors (Lipinski definition) is 8. The number of carbonyl (C=O) groups excluding carboxylic acids is 1. The van der Waals surface area contributed by atoms with Gasteiger partial charge in [-0.15, -0.1) is 5.10 Å². The molecule has 0 spiro atoms. The highest BCUT2D eigenvalue weighted by molar-refractivity contribution is 7.99. The first-order chi connectivity index (χ1) is 13.7. The van der Waals surface area contributed by atoms with Crippen molar-refractivity contribution in [3.8, 4) is 17.2 Å². The van der Waals surface area contributed by atoms with Gasteiger partial charge in [-0.25, -0.2) is 4.68 Å². The third-order valence-corrected chi connectivity index (χ3v) is 5.60. The van der Waals surface area contributed by atoms with Crippen molar-refractivity contribution in [3.63, 3.8) is 0 Å². The molecular formula is C18H25N5O4S. The van der Waals surface area contributed by atoms with E-state index in [2.05, 4.69) is 20.8 Å². The first-order valence-electron chi connectivity index (χ1n) is 9.16. The zero-order valence-electron chi connectivity index (χ0n) is 16.3. The minimum absolute atomic E-state index is 0.169. The van der Waals surface area contributed by atoms with E-state index >= 15 is 0 Å². The Morgan fingerprint density at radius 2 is 1.82 bits per heavy atom. The SMILES string of the molecule is COc1cc(NC(=O)CSc2nnnn2C2CCCCC2)cc(OC)c1OC. The molecule has 0 radical (unpaired) electrons. The van der Waals surface area contributed by atoms with Crippen LogP contribution in [-0.4, -0.2) is 53.2 Å². The Morgan fingerprint density at radius 1 is 1.14 bits per heavy atom. The first-order valence-corrected chi connectivity index (χ1v) is 10.1. The molecule has 0 bridgehead atoms. The molecule has 2 aromatic rings. The van der Waals surface area contributed by atoms with Gasteiger partial charge in [0.2, 0.25) is 16.8 Å². The summed E-state index contributed by atoms with van der Waals surface area (Å²) in [5.74, 6) is 1.46. The second-order valence-corrected chi connectivity index (χ2v) is 7.39. The summed E-state index contributed by atoms with van der Waals surface area (Å²) < 4.78 is 17.8. The fourth-order valence-corrected chi connectivity index (χ4v) is 4.06. The maximum atomic E-state index is 12.4. The van der Waals surface area contributed by atoms with E-state index < -0.39 is 0 Å². The topological polar surface area (TPSA) is 100 Å². The van der Waals surface area contributed by atoms with E-state index in [1.54, 1.807) is 12.1 Å². The molecule has 1 aromatic heterocycles. The van der Waals surface area contributed by atoms with Crippen LogP contribution < -0.4 is 19.5 Å². The third-order valence-electron chi connectivity index (χ3n) is 4.66. The smallest absolute Gasteiger partial charge is 0.234 e. The van der Waals surface area contributed by atoms with Gasteiger partial charge < -0.3 is 19.5 Å². The number of rotatable bonds is 8. The fourth-order valence-electron chi connectivity index (χ4n) is 3.32. The molecule has 9 nitrogen and oxygen atoms in total. The summed E-state index contributed by atoms with van der Waals surface area (Å²) in [5, 5.41) is 15.5. The minimum atomic E-state index is -0.169. The summed E-state index contributed by atoms with van der Waals surface area (Å²) >= 11 is 1.33. The predicted molar refractivity (Wildman–Crippen MR) is 105 cm³/mol. The molecule has 3 rings (SSSR count). The number of ether oxygens (including phenoxy) is 3. The molecule has 0 aliphatic heterocycles. The molecule has 152 valence electrons. The van der Waals surface area contributed by atoms with Crippen molar-refractivity contribution in [1.29, 1.82) is 0 Å². The molecule has 1 fully saturated rings. The molecule has 1 saturated carbocycles. The van der Waals surface area contributed by atoms with Crippen molar-refractivity contribution in [2.45, 2.75) is 43.3 Å². The Hall–Kier alpha value is -2.49. The first kappa shape index (κ1) is 20.2. The molecule has 10 heteroatoms. The Labute approximate surface area is 168 Å². The maximum Gasteiger partial charge on any atom is 0.234 e. The summed E-state index contributed by atoms with van der Waals surface area (Å²) in [6.07, 6.45) is 5.80. The number of aromatic nitrogens is 4. The van der Waals surface area contributed by atoms with Crippen LogP contribution >= 0.6 is 11.8 Å². The van der Waals surface area contributed by atoms with Gasteiger partial charge in [-0.1, -0.05) is 31.0 Å². The zero-order valence-corrected chi connectivity index (χ0v) is 17.1. The molecule has 0 atom stereocenters. The van der Waals surface area contributed by atoms with E-state index in [0.717, 1.165) is 12.8 Å². The largest absolute Gasteiger partial charge is 0.493 e. The molecule has 1 amide bonds. The van der Waals surface area contributed by atoms with Crippen molar-refractivity contribution in [3.05, 3.63) is 12.1 Å². The van der Waals surface area contributed by atoms with Gasteiger partial charge in [0.15, 0.2) is 11.5 Å². The van der Waals surface area contributed by atoms with E-state index in [0.29, 0.717) is 34.1 Å². The van der Waals surface area contributed by atoms with Crippen molar-refractivity contribution in [2.75, 3.05) is 32.4 Å². The van der Waals surface area contributed by atoms with Gasteiger partial charge in [-0.2, -0.15) is 0 Å². The summed E-state index contributed by atoms with van der Waals surface area (Å²) in [6.45, 7) is 0. The summed E-state index contributed by atoms with van der Waals surface area (Å²) in [4.78, 5) is 12.4. The Morgan fingerprint density at radius 3 is 2.43 bits per heavy atom. The normalized spacial score (nSPS) is 14.5. The van der Waals surface area contributed by atoms with E-state index in [1.165, 1.54) is 52.4 Å². The number of anilines is 1. The van der Waals surface area contributed by atoms with Gasteiger partial charge >= 0.3 is 0 Å². The monoisotopic (exact) mass is 407 g/mol. The molecule has 0 unspecified atom stereocenters. The van der Waals surface area contributed by atoms with Crippen LogP contribution in [0.15, 0.2) is 17.3 Å². The molecule has 1 heterocycles. The molecule has 1 N–H and O–H groups in total. The maximum absolute atomic E-state index is 12.4. The van der Waals surface area contributed by atoms with Crippen LogP contribution in [0.3, 0.4) is 0 Å². The van der Waals surface area contributed by atoms with E-state index in [1.807, 2.05) is 4.68 Å². The fraction of sp³-hybridized carbons (Fsp3) is 0.556. The number of tetrazole rings is 1. The average molecular weight is 407 g/mol. The summed E-state index contributed by atoms with van der Waals surface area (Å²) in [6, 6.07) is 3.70. The van der Waals surface area contributed by atoms with Crippen molar-refractivity contribution < 1.29 is 19.0 Å². The van der Waals surface area contributed by atoms with Crippen LogP contribution in [0.1, 0.15) is 38.1 Å². The summed E-state index contributed by atoms with van der Waals surface area (Å²) in [7, 11) is 4.60. The van der Waals surface area contributed by atoms with Crippen LogP contribution in [0.25, 0.3) is 0 Å². The quantitative estimate of drug-likeness (QED) is 0.667. The molecule has 1 aliphatic rings. The van der Waals surface area contributed by atoms with Crippen LogP contribution in [-0.2, 0) is 4.79 Å². The predicted octanol–water partition coefficient (Wildman–Crippen LogP) is 2.93. The van der Waals surface area contributed by atoms with Crippen molar-refractivity contribution in [2.24, 2.45) is 0 Å². The van der Waals surface area contributed by atoms with Gasteiger partial charge in [0.05, 0.1) is 33.1 Å². The highest BCUT2D eigenvalue weighted by Crippen LogP contribution is 2.40. The van der Waals surface area contributed by atoms with E-state index in [4.69, 9.17) is 14.2 Å². The number of nitrogens with zero attached hydrogens (tertiary/aromatic N) is 4. The molecule has 0 saturated heterocycles. The second kappa shape index (κ2) is 9.63. The number of amides is 1. The third kappa shape index (κ3) is 4.67. The molecular weight excluding hydrogens is 382 g/mol. The highest BCUT2D eigenvalue weighted by Gasteiger charge is 2.21. The van der Waals surface area contributed by atoms with Crippen LogP contribution in [0, 0.1) is 0 Å². The van der Waals surface area contributed by atoms with Gasteiger partial charge in [0.1, 0.15) is 0 Å². The minimum Gasteiger partial charge on any atom is -0.493 e. The van der Waals surface area contributed by atoms with Crippen LogP contribution in [0.5, 0.6) is 17.2 Å². The van der Waals surface area contributed by atoms with Crippen LogP contribution in [0.4, 0.5) is 5.69 Å². The number of nitrogens with one attached hydrogen (secondary N) is 1. The number of carbonyl (C=O) groups is 1. The average Bonchev–Trinajstić information content (AvgIpc) is 3.20. The van der Waals surface area contributed by atoms with Crippen LogP contribution in [0.2, 0.25) is 0 Å². The Balaban J connectivity index is 1.63. The standard InChI is InChI=1S/C18H25N5O4S/c1-25-14-9-12(10-15(26-2)17(14)27-3)19-16(24)11-28-18-20-21-22-23(18)13-7-5-4-6-8-13/h9-10,13H,4-8,11H2,1-3H3,(H,19,24). The lowest BCUT2D eigenvalue weighted by molar-refractivity contribution is -0.113. The van der Waals surface area contributed by atoms with Crippen molar-refractivity contribution in [1.82, 2.24) is 20.2 Å². The van der Waals surface area contributed by atoms with E-state index in [-0.39, 0.29) is 11.7 Å². The van der Waals surface area contributed by atoms with Gasteiger partial charge in [0.25, 0.3) is 0 Å². The van der Waals surface area contributed by atoms with Gasteiger partial charge in [0, 0.05) is 17.8 Å². The summed E-state index contributed by atoms with van der Waals surface area (Å²) in [5.41, 5.74) is 0.562. The Bertz CT molecular complexity index is 782. The van der Waals surface area contributed by atoms with Gasteiger partial charge in [-0.05, 0) is 23.3 Å². The zero-order chi connectivity index (χ0) is 19.9. The van der Waals surface area contributed by atoms with E-state index in [9.17, 15) is 4.79 Å². The number of methoxy groups -OCH3 is 3. The lowest BCUT2D eigenvalue weighted by Crippen LogP contribution is -2.17. The van der Waals surface area contributed by atoms with Crippen molar-refractivity contribution >= 4 is 23.4 Å². The molecule has 28 heavy (non-hydrogen) atoms. The van der Waals surface area contributed by atoms with Gasteiger partial charge in [-0.3, -0.25) is 4.79 Å². The number of thioether (sulfide) groups is 1. The second-order valence-electron chi connectivity index (χ2n) is 6.45. The number of hydrogen-bond donors (Lipinski definition) is 1. The Kier molecular flexibility index (Phi) is 6.96. The number of benzene rings is 1. The lowest BCUT2D eigenvalue weighted by atomic mass is 9.96. The molecule has 1 aromatic carbocycles. The lowest BCUT2D eigenvalue weighted by Gasteiger charge is -2.21. The molecule has 1 aliphatic carbocycles.